The number of rotatable bonds is 3. The molecule has 0 unspecified atom stereocenters. The number of halogens is 1. The highest BCUT2D eigenvalue weighted by Crippen LogP contribution is 2.61. The largest absolute Gasteiger partial charge is 0.306 e. The Hall–Kier alpha value is -2.49. The summed E-state index contributed by atoms with van der Waals surface area (Å²) in [5, 5.41) is 2.65. The van der Waals surface area contributed by atoms with Gasteiger partial charge in [-0.3, -0.25) is 4.79 Å². The van der Waals surface area contributed by atoms with Gasteiger partial charge in [-0.25, -0.2) is 9.37 Å². The Labute approximate surface area is 140 Å². The molecule has 1 N–H and O–H groups in total. The van der Waals surface area contributed by atoms with Gasteiger partial charge in [0.2, 0.25) is 0 Å². The number of pyridine rings is 1. The summed E-state index contributed by atoms with van der Waals surface area (Å²) in [7, 11) is 0. The molecule has 1 saturated carbocycles. The molecule has 1 aromatic carbocycles. The number of carbonyl (C=O) groups excluding carboxylic acids is 1. The minimum Gasteiger partial charge on any atom is -0.306 e. The summed E-state index contributed by atoms with van der Waals surface area (Å²) < 4.78 is 13.6. The summed E-state index contributed by atoms with van der Waals surface area (Å²) in [6.07, 6.45) is 6.81. The summed E-state index contributed by atoms with van der Waals surface area (Å²) in [4.78, 5) is 16.5. The summed E-state index contributed by atoms with van der Waals surface area (Å²) >= 11 is 0. The second-order valence-electron chi connectivity index (χ2n) is 6.98. The van der Waals surface area contributed by atoms with Gasteiger partial charge in [0.15, 0.2) is 0 Å². The highest BCUT2D eigenvalue weighted by molar-refractivity contribution is 6.03. The topological polar surface area (TPSA) is 42.0 Å². The van der Waals surface area contributed by atoms with E-state index in [9.17, 15) is 9.18 Å². The van der Waals surface area contributed by atoms with Gasteiger partial charge in [0.1, 0.15) is 11.6 Å². The molecule has 1 aromatic heterocycles. The van der Waals surface area contributed by atoms with Crippen molar-refractivity contribution in [2.24, 2.45) is 5.41 Å². The van der Waals surface area contributed by atoms with Crippen molar-refractivity contribution in [3.63, 3.8) is 0 Å². The zero-order valence-corrected chi connectivity index (χ0v) is 13.6. The van der Waals surface area contributed by atoms with Crippen LogP contribution in [0, 0.1) is 11.2 Å². The van der Waals surface area contributed by atoms with Crippen molar-refractivity contribution in [3.8, 4) is 0 Å². The SMILES string of the molecule is CC1=C(c2ccc(NC(=O)c3ccccc3F)nc2)CC2(CC2)C1. The minimum absolute atomic E-state index is 0.0217. The minimum atomic E-state index is -0.534. The molecule has 0 radical (unpaired) electrons. The molecule has 3 nitrogen and oxygen atoms in total. The maximum absolute atomic E-state index is 13.6. The summed E-state index contributed by atoms with van der Waals surface area (Å²) in [5.41, 5.74) is 4.54. The zero-order valence-electron chi connectivity index (χ0n) is 13.6. The molecular formula is C20H19FN2O. The fraction of sp³-hybridized carbons (Fsp3) is 0.300. The molecule has 2 aromatic rings. The Kier molecular flexibility index (Phi) is 3.48. The predicted molar refractivity (Wildman–Crippen MR) is 92.1 cm³/mol. The molecular weight excluding hydrogens is 303 g/mol. The van der Waals surface area contributed by atoms with Crippen LogP contribution in [0.3, 0.4) is 0 Å². The molecule has 1 spiro atoms. The van der Waals surface area contributed by atoms with Gasteiger partial charge < -0.3 is 5.32 Å². The highest BCUT2D eigenvalue weighted by atomic mass is 19.1. The Morgan fingerprint density at radius 2 is 1.96 bits per heavy atom. The van der Waals surface area contributed by atoms with E-state index in [1.165, 1.54) is 42.5 Å². The van der Waals surface area contributed by atoms with E-state index in [4.69, 9.17) is 0 Å². The highest BCUT2D eigenvalue weighted by Gasteiger charge is 2.47. The maximum atomic E-state index is 13.6. The Balaban J connectivity index is 1.49. The second-order valence-corrected chi connectivity index (χ2v) is 6.98. The number of hydrogen-bond donors (Lipinski definition) is 1. The van der Waals surface area contributed by atoms with Crippen LogP contribution >= 0.6 is 0 Å². The van der Waals surface area contributed by atoms with Crippen molar-refractivity contribution in [2.45, 2.75) is 32.6 Å². The first-order chi connectivity index (χ1) is 11.6. The van der Waals surface area contributed by atoms with Crippen molar-refractivity contribution >= 4 is 17.3 Å². The van der Waals surface area contributed by atoms with Crippen LogP contribution in [-0.4, -0.2) is 10.9 Å². The molecule has 0 saturated heterocycles. The number of allylic oxidation sites excluding steroid dienone is 2. The van der Waals surface area contributed by atoms with E-state index in [0.29, 0.717) is 11.2 Å². The van der Waals surface area contributed by atoms with Gasteiger partial charge in [0.05, 0.1) is 5.56 Å². The van der Waals surface area contributed by atoms with E-state index in [1.54, 1.807) is 24.4 Å². The molecule has 0 bridgehead atoms. The second kappa shape index (κ2) is 5.55. The Morgan fingerprint density at radius 3 is 2.58 bits per heavy atom. The van der Waals surface area contributed by atoms with Gasteiger partial charge >= 0.3 is 0 Å². The van der Waals surface area contributed by atoms with Crippen LogP contribution in [0.2, 0.25) is 0 Å². The van der Waals surface area contributed by atoms with Crippen LogP contribution < -0.4 is 5.32 Å². The molecule has 0 atom stereocenters. The van der Waals surface area contributed by atoms with E-state index < -0.39 is 11.7 Å². The van der Waals surface area contributed by atoms with Crippen molar-refractivity contribution in [2.75, 3.05) is 5.32 Å². The van der Waals surface area contributed by atoms with Gasteiger partial charge in [-0.2, -0.15) is 0 Å². The summed E-state index contributed by atoms with van der Waals surface area (Å²) in [6.45, 7) is 2.20. The van der Waals surface area contributed by atoms with Crippen LogP contribution in [0.25, 0.3) is 5.57 Å². The fourth-order valence-electron chi connectivity index (χ4n) is 3.61. The number of nitrogens with zero attached hydrogens (tertiary/aromatic N) is 1. The lowest BCUT2D eigenvalue weighted by Gasteiger charge is -2.08. The molecule has 1 fully saturated rings. The molecule has 1 amide bonds. The van der Waals surface area contributed by atoms with E-state index in [1.807, 2.05) is 6.07 Å². The number of nitrogens with one attached hydrogen (secondary N) is 1. The van der Waals surface area contributed by atoms with E-state index in [2.05, 4.69) is 17.2 Å². The Bertz CT molecular complexity index is 835. The third kappa shape index (κ3) is 2.73. The third-order valence-electron chi connectivity index (χ3n) is 5.14. The number of hydrogen-bond acceptors (Lipinski definition) is 2. The number of amides is 1. The average Bonchev–Trinajstić information content (AvgIpc) is 3.24. The van der Waals surface area contributed by atoms with Crippen LogP contribution in [0.5, 0.6) is 0 Å². The first kappa shape index (κ1) is 15.1. The lowest BCUT2D eigenvalue weighted by atomic mass is 10.00. The Morgan fingerprint density at radius 1 is 1.17 bits per heavy atom. The summed E-state index contributed by atoms with van der Waals surface area (Å²) in [5.74, 6) is -0.584. The normalized spacial score (nSPS) is 18.1. The van der Waals surface area contributed by atoms with Crippen molar-refractivity contribution in [3.05, 3.63) is 65.1 Å². The quantitative estimate of drug-likeness (QED) is 0.880. The van der Waals surface area contributed by atoms with Crippen molar-refractivity contribution < 1.29 is 9.18 Å². The number of benzene rings is 1. The van der Waals surface area contributed by atoms with Crippen LogP contribution in [0.15, 0.2) is 48.2 Å². The first-order valence-corrected chi connectivity index (χ1v) is 8.27. The van der Waals surface area contributed by atoms with E-state index in [0.717, 1.165) is 12.0 Å². The molecule has 2 aliphatic carbocycles. The average molecular weight is 322 g/mol. The molecule has 24 heavy (non-hydrogen) atoms. The summed E-state index contributed by atoms with van der Waals surface area (Å²) in [6, 6.07) is 9.70. The maximum Gasteiger partial charge on any atom is 0.259 e. The first-order valence-electron chi connectivity index (χ1n) is 8.27. The van der Waals surface area contributed by atoms with Gasteiger partial charge in [-0.1, -0.05) is 17.7 Å². The standard InChI is InChI=1S/C20H19FN2O/c1-13-10-20(8-9-20)11-16(13)14-6-7-18(22-12-14)23-19(24)15-4-2-3-5-17(15)21/h2-7,12H,8-11H2,1H3,(H,22,23,24). The molecule has 122 valence electrons. The monoisotopic (exact) mass is 322 g/mol. The van der Waals surface area contributed by atoms with Crippen LogP contribution in [0.1, 0.15) is 48.5 Å². The van der Waals surface area contributed by atoms with Gasteiger partial charge in [-0.15, -0.1) is 0 Å². The van der Waals surface area contributed by atoms with E-state index >= 15 is 0 Å². The van der Waals surface area contributed by atoms with Gasteiger partial charge in [-0.05, 0) is 73.4 Å². The van der Waals surface area contributed by atoms with E-state index in [-0.39, 0.29) is 5.56 Å². The smallest absolute Gasteiger partial charge is 0.259 e. The van der Waals surface area contributed by atoms with Crippen LogP contribution in [0.4, 0.5) is 10.2 Å². The predicted octanol–water partition coefficient (Wildman–Crippen LogP) is 4.82. The van der Waals surface area contributed by atoms with Gasteiger partial charge in [0, 0.05) is 6.20 Å². The molecule has 0 aliphatic heterocycles. The molecule has 1 heterocycles. The third-order valence-corrected chi connectivity index (χ3v) is 5.14. The molecule has 4 rings (SSSR count). The fourth-order valence-corrected chi connectivity index (χ4v) is 3.61. The molecule has 4 heteroatoms. The van der Waals surface area contributed by atoms with Crippen LogP contribution in [-0.2, 0) is 0 Å². The number of carbonyl (C=O) groups is 1. The number of aromatic nitrogens is 1. The zero-order chi connectivity index (χ0) is 16.7. The lowest BCUT2D eigenvalue weighted by molar-refractivity contribution is 0.102. The molecule has 2 aliphatic rings. The van der Waals surface area contributed by atoms with Crippen molar-refractivity contribution in [1.29, 1.82) is 0 Å². The van der Waals surface area contributed by atoms with Crippen molar-refractivity contribution in [1.82, 2.24) is 4.98 Å². The van der Waals surface area contributed by atoms with Gasteiger partial charge in [0.25, 0.3) is 5.91 Å². The lowest BCUT2D eigenvalue weighted by Crippen LogP contribution is -2.14. The number of anilines is 1.